The van der Waals surface area contributed by atoms with E-state index in [1.165, 1.54) is 11.9 Å². The van der Waals surface area contributed by atoms with Gasteiger partial charge in [0.15, 0.2) is 0 Å². The maximum atomic E-state index is 12.2. The molecule has 0 aliphatic heterocycles. The Kier molecular flexibility index (Phi) is 7.55. The molecule has 27 heavy (non-hydrogen) atoms. The molecule has 0 aliphatic rings. The molecule has 0 bridgehead atoms. The highest BCUT2D eigenvalue weighted by molar-refractivity contribution is 9.10. The number of hydrogen-bond donors (Lipinski definition) is 2. The quantitative estimate of drug-likeness (QED) is 0.643. The van der Waals surface area contributed by atoms with Crippen molar-refractivity contribution in [1.29, 1.82) is 0 Å². The van der Waals surface area contributed by atoms with E-state index in [1.54, 1.807) is 24.3 Å². The zero-order valence-electron chi connectivity index (χ0n) is 14.9. The Morgan fingerprint density at radius 2 is 1.74 bits per heavy atom. The summed E-state index contributed by atoms with van der Waals surface area (Å²) in [5.74, 6) is -1.02. The Labute approximate surface area is 174 Å². The molecule has 3 amide bonds. The predicted molar refractivity (Wildman–Crippen MR) is 112 cm³/mol. The van der Waals surface area contributed by atoms with Crippen LogP contribution in [-0.2, 0) is 9.59 Å². The van der Waals surface area contributed by atoms with Gasteiger partial charge in [-0.05, 0) is 48.9 Å². The third-order valence-electron chi connectivity index (χ3n) is 3.76. The lowest BCUT2D eigenvalue weighted by Crippen LogP contribution is -2.41. The number of nitrogens with one attached hydrogen (secondary N) is 2. The number of benzene rings is 2. The smallest absolute Gasteiger partial charge is 0.251 e. The van der Waals surface area contributed by atoms with Crippen molar-refractivity contribution in [2.75, 3.05) is 25.5 Å². The van der Waals surface area contributed by atoms with Gasteiger partial charge in [0, 0.05) is 27.2 Å². The number of halogens is 2. The van der Waals surface area contributed by atoms with Gasteiger partial charge in [-0.2, -0.15) is 0 Å². The lowest BCUT2D eigenvalue weighted by atomic mass is 10.2. The molecule has 0 aliphatic carbocycles. The molecule has 142 valence electrons. The summed E-state index contributed by atoms with van der Waals surface area (Å²) in [5.41, 5.74) is 2.04. The molecule has 0 saturated carbocycles. The summed E-state index contributed by atoms with van der Waals surface area (Å²) in [6.45, 7) is 1.58. The number of anilines is 1. The van der Waals surface area contributed by atoms with Crippen LogP contribution < -0.4 is 10.6 Å². The van der Waals surface area contributed by atoms with Gasteiger partial charge < -0.3 is 15.5 Å². The zero-order valence-corrected chi connectivity index (χ0v) is 18.1. The molecule has 2 N–H and O–H groups in total. The Morgan fingerprint density at radius 1 is 1.04 bits per heavy atom. The van der Waals surface area contributed by atoms with E-state index in [0.29, 0.717) is 11.3 Å². The molecule has 2 aromatic rings. The van der Waals surface area contributed by atoms with Crippen molar-refractivity contribution in [3.05, 3.63) is 62.5 Å². The summed E-state index contributed by atoms with van der Waals surface area (Å²) < 4.78 is 1.70. The highest BCUT2D eigenvalue weighted by Gasteiger charge is 2.15. The van der Waals surface area contributed by atoms with Gasteiger partial charge in [0.1, 0.15) is 0 Å². The molecule has 2 aromatic carbocycles. The first-order valence-corrected chi connectivity index (χ1v) is 9.68. The first-order valence-electron chi connectivity index (χ1n) is 8.10. The molecule has 0 radical (unpaired) electrons. The highest BCUT2D eigenvalue weighted by atomic mass is 79.9. The molecule has 8 heteroatoms. The van der Waals surface area contributed by atoms with Crippen molar-refractivity contribution in [3.8, 4) is 0 Å². The Bertz CT molecular complexity index is 871. The van der Waals surface area contributed by atoms with E-state index in [1.807, 2.05) is 25.1 Å². The number of hydrogen-bond acceptors (Lipinski definition) is 3. The van der Waals surface area contributed by atoms with Crippen molar-refractivity contribution in [2.45, 2.75) is 6.92 Å². The van der Waals surface area contributed by atoms with Crippen LogP contribution >= 0.6 is 31.9 Å². The van der Waals surface area contributed by atoms with Crippen LogP contribution in [0.3, 0.4) is 0 Å². The van der Waals surface area contributed by atoms with Crippen LogP contribution in [0.15, 0.2) is 51.4 Å². The van der Waals surface area contributed by atoms with E-state index in [-0.39, 0.29) is 30.8 Å². The van der Waals surface area contributed by atoms with Crippen molar-refractivity contribution >= 4 is 55.3 Å². The van der Waals surface area contributed by atoms with Gasteiger partial charge in [-0.15, -0.1) is 0 Å². The van der Waals surface area contributed by atoms with E-state index in [2.05, 4.69) is 42.5 Å². The molecular weight excluding hydrogens is 478 g/mol. The summed E-state index contributed by atoms with van der Waals surface area (Å²) in [7, 11) is 1.52. The maximum Gasteiger partial charge on any atom is 0.251 e. The number of nitrogens with zero attached hydrogens (tertiary/aromatic N) is 1. The van der Waals surface area contributed by atoms with Crippen LogP contribution in [-0.4, -0.2) is 42.8 Å². The van der Waals surface area contributed by atoms with Crippen molar-refractivity contribution in [1.82, 2.24) is 10.2 Å². The normalized spacial score (nSPS) is 10.2. The number of carbonyl (C=O) groups is 3. The molecule has 0 heterocycles. The van der Waals surface area contributed by atoms with Crippen molar-refractivity contribution in [3.63, 3.8) is 0 Å². The van der Waals surface area contributed by atoms with Gasteiger partial charge in [0.25, 0.3) is 5.91 Å². The van der Waals surface area contributed by atoms with E-state index in [0.717, 1.165) is 14.5 Å². The monoisotopic (exact) mass is 495 g/mol. The van der Waals surface area contributed by atoms with Crippen LogP contribution in [0.1, 0.15) is 15.9 Å². The molecule has 0 spiro atoms. The van der Waals surface area contributed by atoms with Crippen LogP contribution in [0.5, 0.6) is 0 Å². The fourth-order valence-corrected chi connectivity index (χ4v) is 3.16. The Hall–Kier alpha value is -2.19. The van der Waals surface area contributed by atoms with E-state index in [9.17, 15) is 14.4 Å². The summed E-state index contributed by atoms with van der Waals surface area (Å²) >= 11 is 6.66. The number of amides is 3. The van der Waals surface area contributed by atoms with Gasteiger partial charge in [-0.1, -0.05) is 37.9 Å². The minimum Gasteiger partial charge on any atom is -0.343 e. The van der Waals surface area contributed by atoms with Gasteiger partial charge in [0.2, 0.25) is 11.8 Å². The van der Waals surface area contributed by atoms with Gasteiger partial charge >= 0.3 is 0 Å². The molecule has 0 unspecified atom stereocenters. The summed E-state index contributed by atoms with van der Waals surface area (Å²) in [6.07, 6.45) is 0. The second kappa shape index (κ2) is 9.66. The first kappa shape index (κ1) is 21.1. The first-order chi connectivity index (χ1) is 12.8. The lowest BCUT2D eigenvalue weighted by molar-refractivity contribution is -0.132. The average Bonchev–Trinajstić information content (AvgIpc) is 2.61. The summed E-state index contributed by atoms with van der Waals surface area (Å²) in [6, 6.07) is 12.4. The maximum absolute atomic E-state index is 12.2. The largest absolute Gasteiger partial charge is 0.343 e. The van der Waals surface area contributed by atoms with Gasteiger partial charge in [0.05, 0.1) is 13.1 Å². The number of aryl methyl sites for hydroxylation is 1. The number of carbonyl (C=O) groups excluding carboxylic acids is 3. The molecule has 2 rings (SSSR count). The van der Waals surface area contributed by atoms with Crippen molar-refractivity contribution < 1.29 is 14.4 Å². The molecule has 6 nitrogen and oxygen atoms in total. The molecule has 0 fully saturated rings. The third kappa shape index (κ3) is 6.48. The molecule has 0 aromatic heterocycles. The molecular formula is C19H19Br2N3O3. The fourth-order valence-electron chi connectivity index (χ4n) is 2.28. The second-order valence-electron chi connectivity index (χ2n) is 5.95. The lowest BCUT2D eigenvalue weighted by Gasteiger charge is -2.18. The Balaban J connectivity index is 1.84. The van der Waals surface area contributed by atoms with Crippen LogP contribution in [0.4, 0.5) is 5.69 Å². The van der Waals surface area contributed by atoms with Gasteiger partial charge in [-0.25, -0.2) is 0 Å². The topological polar surface area (TPSA) is 78.5 Å². The fraction of sp³-hybridized carbons (Fsp3) is 0.211. The highest BCUT2D eigenvalue weighted by Crippen LogP contribution is 2.19. The van der Waals surface area contributed by atoms with E-state index >= 15 is 0 Å². The number of rotatable bonds is 6. The molecule has 0 atom stereocenters. The average molecular weight is 497 g/mol. The minimum atomic E-state index is -0.360. The SMILES string of the molecule is Cc1cc(Br)ccc1NC(=O)CN(C)C(=O)CNC(=O)c1cccc(Br)c1. The summed E-state index contributed by atoms with van der Waals surface area (Å²) in [4.78, 5) is 37.6. The number of likely N-dealkylation sites (N-methyl/N-ethyl adjacent to an activating group) is 1. The van der Waals surface area contributed by atoms with Crippen molar-refractivity contribution in [2.24, 2.45) is 0 Å². The zero-order chi connectivity index (χ0) is 20.0. The van der Waals surface area contributed by atoms with Crippen LogP contribution in [0, 0.1) is 6.92 Å². The minimum absolute atomic E-state index is 0.110. The molecule has 0 saturated heterocycles. The van der Waals surface area contributed by atoms with Crippen LogP contribution in [0.25, 0.3) is 0 Å². The van der Waals surface area contributed by atoms with E-state index in [4.69, 9.17) is 0 Å². The predicted octanol–water partition coefficient (Wildman–Crippen LogP) is 3.35. The standard InChI is InChI=1S/C19H19Br2N3O3/c1-12-8-15(21)6-7-16(12)23-17(25)11-24(2)18(26)10-22-19(27)13-4-3-5-14(20)9-13/h3-9H,10-11H2,1-2H3,(H,22,27)(H,23,25). The van der Waals surface area contributed by atoms with E-state index < -0.39 is 0 Å². The third-order valence-corrected chi connectivity index (χ3v) is 4.74. The van der Waals surface area contributed by atoms with Gasteiger partial charge in [-0.3, -0.25) is 14.4 Å². The van der Waals surface area contributed by atoms with Crippen LogP contribution in [0.2, 0.25) is 0 Å². The second-order valence-corrected chi connectivity index (χ2v) is 7.78. The summed E-state index contributed by atoms with van der Waals surface area (Å²) in [5, 5.41) is 5.33. The Morgan fingerprint density at radius 3 is 2.41 bits per heavy atom.